The summed E-state index contributed by atoms with van der Waals surface area (Å²) in [5, 5.41) is 1.88. The molecule has 0 aliphatic heterocycles. The smallest absolute Gasteiger partial charge is 0.344 e. The lowest BCUT2D eigenvalue weighted by Gasteiger charge is -2.10. The number of nitrogens with two attached hydrogens (primary N) is 2. The molecule has 0 aliphatic carbocycles. The van der Waals surface area contributed by atoms with Crippen LogP contribution in [0.3, 0.4) is 0 Å². The summed E-state index contributed by atoms with van der Waals surface area (Å²) in [4.78, 5) is 32.5. The molecule has 5 rings (SSSR count). The van der Waals surface area contributed by atoms with E-state index in [9.17, 15) is 9.59 Å². The van der Waals surface area contributed by atoms with E-state index in [1.54, 1.807) is 48.5 Å². The first-order valence-corrected chi connectivity index (χ1v) is 11.7. The van der Waals surface area contributed by atoms with Gasteiger partial charge in [-0.3, -0.25) is 0 Å². The number of benzene rings is 3. The predicted molar refractivity (Wildman–Crippen MR) is 138 cm³/mol. The lowest BCUT2D eigenvalue weighted by atomic mass is 10.1. The van der Waals surface area contributed by atoms with E-state index >= 15 is 0 Å². The number of carbonyl (C=O) groups is 2. The summed E-state index contributed by atoms with van der Waals surface area (Å²) in [6.45, 7) is 1.02. The number of aromatic nitrogens is 2. The average molecular weight is 483 g/mol. The highest BCUT2D eigenvalue weighted by atomic mass is 16.5. The number of fused-ring (bicyclic) bond motifs is 2. The van der Waals surface area contributed by atoms with Crippen molar-refractivity contribution in [3.05, 3.63) is 95.3 Å². The Bertz CT molecular complexity index is 1450. The highest BCUT2D eigenvalue weighted by Gasteiger charge is 2.21. The number of ether oxygens (including phenoxy) is 2. The largest absolute Gasteiger partial charge is 0.423 e. The standard InChI is InChI=1S/C28H26N4O4/c29-11-9-17-15-31-25-7-5-19(13-23(17)25)35-27(33)21-3-1-2-4-22(21)28(34)36-20-6-8-26-24(14-20)18(10-12-30)16-32-26/h1-8,13-16,31-32H,9-12,29-30H2. The third kappa shape index (κ3) is 4.59. The second kappa shape index (κ2) is 10.1. The number of esters is 2. The van der Waals surface area contributed by atoms with Crippen LogP contribution >= 0.6 is 0 Å². The van der Waals surface area contributed by atoms with Gasteiger partial charge in [-0.25, -0.2) is 9.59 Å². The van der Waals surface area contributed by atoms with Crippen molar-refractivity contribution in [2.75, 3.05) is 13.1 Å². The van der Waals surface area contributed by atoms with E-state index in [0.29, 0.717) is 37.4 Å². The van der Waals surface area contributed by atoms with Gasteiger partial charge < -0.3 is 30.9 Å². The molecule has 6 N–H and O–H groups in total. The van der Waals surface area contributed by atoms with E-state index in [2.05, 4.69) is 9.97 Å². The summed E-state index contributed by atoms with van der Waals surface area (Å²) in [7, 11) is 0. The molecule has 36 heavy (non-hydrogen) atoms. The summed E-state index contributed by atoms with van der Waals surface area (Å²) in [6, 6.07) is 17.1. The molecule has 8 heteroatoms. The van der Waals surface area contributed by atoms with Crippen molar-refractivity contribution in [2.24, 2.45) is 11.5 Å². The van der Waals surface area contributed by atoms with Crippen LogP contribution in [-0.2, 0) is 12.8 Å². The van der Waals surface area contributed by atoms with Gasteiger partial charge >= 0.3 is 11.9 Å². The first kappa shape index (κ1) is 23.3. The molecular weight excluding hydrogens is 456 g/mol. The molecule has 0 spiro atoms. The predicted octanol–water partition coefficient (Wildman–Crippen LogP) is 4.09. The molecule has 0 saturated heterocycles. The first-order chi connectivity index (χ1) is 17.6. The second-order valence-electron chi connectivity index (χ2n) is 8.44. The molecule has 3 aromatic carbocycles. The Hall–Kier alpha value is -4.40. The number of aromatic amines is 2. The lowest BCUT2D eigenvalue weighted by Crippen LogP contribution is -2.17. The van der Waals surface area contributed by atoms with Crippen LogP contribution in [0.15, 0.2) is 73.1 Å². The minimum Gasteiger partial charge on any atom is -0.423 e. The number of hydrogen-bond donors (Lipinski definition) is 4. The molecule has 2 heterocycles. The van der Waals surface area contributed by atoms with Crippen molar-refractivity contribution >= 4 is 33.7 Å². The molecule has 0 unspecified atom stereocenters. The van der Waals surface area contributed by atoms with E-state index in [4.69, 9.17) is 20.9 Å². The first-order valence-electron chi connectivity index (χ1n) is 11.7. The third-order valence-electron chi connectivity index (χ3n) is 6.09. The maximum absolute atomic E-state index is 13.1. The van der Waals surface area contributed by atoms with Gasteiger partial charge in [0.15, 0.2) is 0 Å². The molecular formula is C28H26N4O4. The molecule has 0 atom stereocenters. The van der Waals surface area contributed by atoms with Crippen molar-refractivity contribution in [1.29, 1.82) is 0 Å². The average Bonchev–Trinajstić information content (AvgIpc) is 3.48. The molecule has 8 nitrogen and oxygen atoms in total. The molecule has 0 amide bonds. The minimum absolute atomic E-state index is 0.116. The maximum atomic E-state index is 13.1. The number of H-pyrrole nitrogens is 2. The zero-order valence-electron chi connectivity index (χ0n) is 19.5. The molecule has 0 saturated carbocycles. The van der Waals surface area contributed by atoms with Crippen molar-refractivity contribution in [3.8, 4) is 11.5 Å². The van der Waals surface area contributed by atoms with Gasteiger partial charge in [0.05, 0.1) is 11.1 Å². The Morgan fingerprint density at radius 2 is 1.11 bits per heavy atom. The Morgan fingerprint density at radius 1 is 0.667 bits per heavy atom. The monoisotopic (exact) mass is 482 g/mol. The molecule has 182 valence electrons. The van der Waals surface area contributed by atoms with Gasteiger partial charge in [0.25, 0.3) is 0 Å². The topological polar surface area (TPSA) is 136 Å². The minimum atomic E-state index is -0.649. The van der Waals surface area contributed by atoms with Crippen LogP contribution in [-0.4, -0.2) is 35.0 Å². The Kier molecular flexibility index (Phi) is 6.53. The quantitative estimate of drug-likeness (QED) is 0.194. The van der Waals surface area contributed by atoms with Crippen LogP contribution in [0, 0.1) is 0 Å². The second-order valence-corrected chi connectivity index (χ2v) is 8.44. The fraction of sp³-hybridized carbons (Fsp3) is 0.143. The Balaban J connectivity index is 1.37. The van der Waals surface area contributed by atoms with Crippen LogP contribution in [0.2, 0.25) is 0 Å². The summed E-state index contributed by atoms with van der Waals surface area (Å²) in [5.74, 6) is -0.550. The Morgan fingerprint density at radius 3 is 1.53 bits per heavy atom. The normalized spacial score (nSPS) is 11.2. The summed E-state index contributed by atoms with van der Waals surface area (Å²) in [5.41, 5.74) is 15.6. The van der Waals surface area contributed by atoms with Gasteiger partial charge in [-0.2, -0.15) is 0 Å². The van der Waals surface area contributed by atoms with Gasteiger partial charge in [-0.15, -0.1) is 0 Å². The van der Waals surface area contributed by atoms with Gasteiger partial charge in [0.1, 0.15) is 11.5 Å². The number of nitrogens with one attached hydrogen (secondary N) is 2. The number of carbonyl (C=O) groups excluding carboxylic acids is 2. The fourth-order valence-corrected chi connectivity index (χ4v) is 4.33. The van der Waals surface area contributed by atoms with E-state index in [1.165, 1.54) is 0 Å². The molecule has 0 radical (unpaired) electrons. The van der Waals surface area contributed by atoms with Gasteiger partial charge in [0.2, 0.25) is 0 Å². The van der Waals surface area contributed by atoms with Gasteiger partial charge in [-0.05, 0) is 85.6 Å². The number of hydrogen-bond acceptors (Lipinski definition) is 6. The zero-order chi connectivity index (χ0) is 25.1. The van der Waals surface area contributed by atoms with Gasteiger partial charge in [-0.1, -0.05) is 12.1 Å². The van der Waals surface area contributed by atoms with Crippen LogP contribution in [0.25, 0.3) is 21.8 Å². The van der Waals surface area contributed by atoms with Crippen molar-refractivity contribution < 1.29 is 19.1 Å². The van der Waals surface area contributed by atoms with E-state index < -0.39 is 11.9 Å². The van der Waals surface area contributed by atoms with Crippen LogP contribution in [0.1, 0.15) is 31.8 Å². The highest BCUT2D eigenvalue weighted by Crippen LogP contribution is 2.27. The lowest BCUT2D eigenvalue weighted by molar-refractivity contribution is 0.0692. The van der Waals surface area contributed by atoms with Crippen molar-refractivity contribution in [2.45, 2.75) is 12.8 Å². The van der Waals surface area contributed by atoms with Crippen LogP contribution in [0.4, 0.5) is 0 Å². The van der Waals surface area contributed by atoms with Crippen LogP contribution in [0.5, 0.6) is 11.5 Å². The third-order valence-corrected chi connectivity index (χ3v) is 6.09. The highest BCUT2D eigenvalue weighted by molar-refractivity contribution is 6.04. The molecule has 0 bridgehead atoms. The maximum Gasteiger partial charge on any atom is 0.344 e. The molecule has 2 aromatic heterocycles. The summed E-state index contributed by atoms with van der Waals surface area (Å²) in [6.07, 6.45) is 5.21. The fourth-order valence-electron chi connectivity index (χ4n) is 4.33. The summed E-state index contributed by atoms with van der Waals surface area (Å²) < 4.78 is 11.3. The Labute approximate surface area is 207 Å². The van der Waals surface area contributed by atoms with Crippen molar-refractivity contribution in [3.63, 3.8) is 0 Å². The van der Waals surface area contributed by atoms with Crippen LogP contribution < -0.4 is 20.9 Å². The van der Waals surface area contributed by atoms with E-state index in [-0.39, 0.29) is 11.1 Å². The molecule has 0 aliphatic rings. The van der Waals surface area contributed by atoms with E-state index in [1.807, 2.05) is 24.5 Å². The van der Waals surface area contributed by atoms with E-state index in [0.717, 1.165) is 32.9 Å². The molecule has 5 aromatic rings. The van der Waals surface area contributed by atoms with Gasteiger partial charge in [0, 0.05) is 34.2 Å². The SMILES string of the molecule is NCCc1c[nH]c2ccc(OC(=O)c3ccccc3C(=O)Oc3ccc4[nH]cc(CCN)c4c3)cc12. The zero-order valence-corrected chi connectivity index (χ0v) is 19.5. The summed E-state index contributed by atoms with van der Waals surface area (Å²) >= 11 is 0. The number of rotatable bonds is 8. The molecule has 0 fully saturated rings. The van der Waals surface area contributed by atoms with Crippen molar-refractivity contribution in [1.82, 2.24) is 9.97 Å².